The van der Waals surface area contributed by atoms with Crippen molar-refractivity contribution in [3.63, 3.8) is 0 Å². The third kappa shape index (κ3) is 2.92. The number of anilines is 1. The summed E-state index contributed by atoms with van der Waals surface area (Å²) in [4.78, 5) is 12.4. The van der Waals surface area contributed by atoms with Crippen LogP contribution in [0.15, 0.2) is 12.1 Å². The van der Waals surface area contributed by atoms with Crippen molar-refractivity contribution in [1.29, 1.82) is 0 Å². The van der Waals surface area contributed by atoms with Crippen molar-refractivity contribution in [3.05, 3.63) is 28.8 Å². The van der Waals surface area contributed by atoms with Crippen molar-refractivity contribution in [2.75, 3.05) is 5.73 Å². The van der Waals surface area contributed by atoms with Crippen LogP contribution in [0.2, 0.25) is 0 Å². The lowest BCUT2D eigenvalue weighted by Gasteiger charge is -2.21. The van der Waals surface area contributed by atoms with Gasteiger partial charge in [0, 0.05) is 17.7 Å². The van der Waals surface area contributed by atoms with Crippen molar-refractivity contribution in [1.82, 2.24) is 0 Å². The normalized spacial score (nSPS) is 16.8. The Morgan fingerprint density at radius 3 is 2.50 bits per heavy atom. The van der Waals surface area contributed by atoms with Crippen LogP contribution in [0.4, 0.5) is 5.69 Å². The smallest absolute Gasteiger partial charge is 0.163 e. The van der Waals surface area contributed by atoms with Crippen molar-refractivity contribution in [2.45, 2.75) is 52.4 Å². The van der Waals surface area contributed by atoms with Gasteiger partial charge in [0.25, 0.3) is 0 Å². The van der Waals surface area contributed by atoms with E-state index in [-0.39, 0.29) is 0 Å². The molecule has 0 bridgehead atoms. The van der Waals surface area contributed by atoms with E-state index in [1.165, 1.54) is 32.1 Å². The lowest BCUT2D eigenvalue weighted by molar-refractivity contribution is 0.0949. The van der Waals surface area contributed by atoms with E-state index in [2.05, 4.69) is 0 Å². The van der Waals surface area contributed by atoms with Gasteiger partial charge in [-0.25, -0.2) is 0 Å². The highest BCUT2D eigenvalue weighted by Gasteiger charge is 2.19. The van der Waals surface area contributed by atoms with E-state index in [4.69, 9.17) is 5.73 Å². The summed E-state index contributed by atoms with van der Waals surface area (Å²) in [5, 5.41) is 0. The standard InChI is InChI=1S/C16H23NO/c1-11-9-15(17)12(2)8-14(11)16(18)10-13-6-4-3-5-7-13/h8-9,13H,3-7,10,17H2,1-2H3. The summed E-state index contributed by atoms with van der Waals surface area (Å²) in [6.07, 6.45) is 7.07. The average Bonchev–Trinajstić information content (AvgIpc) is 2.35. The zero-order valence-corrected chi connectivity index (χ0v) is 11.5. The molecule has 1 aromatic carbocycles. The molecule has 98 valence electrons. The number of rotatable bonds is 3. The largest absolute Gasteiger partial charge is 0.399 e. The number of Topliss-reactive ketones (excluding diaryl/α,β-unsaturated/α-hetero) is 1. The monoisotopic (exact) mass is 245 g/mol. The van der Waals surface area contributed by atoms with Gasteiger partial charge in [0.05, 0.1) is 0 Å². The number of carbonyl (C=O) groups excluding carboxylic acids is 1. The molecule has 1 aliphatic carbocycles. The fourth-order valence-corrected chi connectivity index (χ4v) is 2.90. The molecule has 0 unspecified atom stereocenters. The van der Waals surface area contributed by atoms with Gasteiger partial charge in [-0.15, -0.1) is 0 Å². The predicted molar refractivity (Wildman–Crippen MR) is 75.9 cm³/mol. The molecule has 0 aromatic heterocycles. The van der Waals surface area contributed by atoms with Crippen molar-refractivity contribution in [3.8, 4) is 0 Å². The molecule has 0 spiro atoms. The third-order valence-electron chi connectivity index (χ3n) is 4.11. The Hall–Kier alpha value is -1.31. The van der Waals surface area contributed by atoms with E-state index >= 15 is 0 Å². The number of hydrogen-bond donors (Lipinski definition) is 1. The SMILES string of the molecule is Cc1cc(C(=O)CC2CCCCC2)c(C)cc1N. The topological polar surface area (TPSA) is 43.1 Å². The maximum Gasteiger partial charge on any atom is 0.163 e. The highest BCUT2D eigenvalue weighted by molar-refractivity contribution is 5.98. The van der Waals surface area contributed by atoms with Gasteiger partial charge in [0.15, 0.2) is 5.78 Å². The van der Waals surface area contributed by atoms with E-state index in [1.807, 2.05) is 26.0 Å². The molecule has 1 aliphatic rings. The number of hydrogen-bond acceptors (Lipinski definition) is 2. The summed E-state index contributed by atoms with van der Waals surface area (Å²) in [5.41, 5.74) is 9.53. The first kappa shape index (κ1) is 13.1. The van der Waals surface area contributed by atoms with Crippen molar-refractivity contribution >= 4 is 11.5 Å². The number of nitrogen functional groups attached to an aromatic ring is 1. The van der Waals surface area contributed by atoms with Crippen LogP contribution in [0.25, 0.3) is 0 Å². The molecular weight excluding hydrogens is 222 g/mol. The molecule has 0 saturated heterocycles. The van der Waals surface area contributed by atoms with E-state index in [0.717, 1.165) is 22.4 Å². The minimum absolute atomic E-state index is 0.294. The molecule has 1 saturated carbocycles. The summed E-state index contributed by atoms with van der Waals surface area (Å²) < 4.78 is 0. The Labute approximate surface area is 110 Å². The maximum absolute atomic E-state index is 12.4. The van der Waals surface area contributed by atoms with Crippen LogP contribution >= 0.6 is 0 Å². The Kier molecular flexibility index (Phi) is 4.05. The van der Waals surface area contributed by atoms with E-state index < -0.39 is 0 Å². The zero-order valence-electron chi connectivity index (χ0n) is 11.5. The number of benzene rings is 1. The second-order valence-corrected chi connectivity index (χ2v) is 5.66. The van der Waals surface area contributed by atoms with Gasteiger partial charge in [0.2, 0.25) is 0 Å². The summed E-state index contributed by atoms with van der Waals surface area (Å²) in [7, 11) is 0. The van der Waals surface area contributed by atoms with Crippen LogP contribution in [-0.4, -0.2) is 5.78 Å². The molecule has 2 rings (SSSR count). The molecule has 0 atom stereocenters. The molecule has 0 aliphatic heterocycles. The van der Waals surface area contributed by atoms with Crippen LogP contribution < -0.4 is 5.73 Å². The molecular formula is C16H23NO. The lowest BCUT2D eigenvalue weighted by atomic mass is 9.84. The Morgan fingerprint density at radius 1 is 1.17 bits per heavy atom. The van der Waals surface area contributed by atoms with Gasteiger partial charge >= 0.3 is 0 Å². The molecule has 0 heterocycles. The first-order valence-corrected chi connectivity index (χ1v) is 6.98. The fourth-order valence-electron chi connectivity index (χ4n) is 2.90. The van der Waals surface area contributed by atoms with Crippen molar-refractivity contribution in [2.24, 2.45) is 5.92 Å². The van der Waals surface area contributed by atoms with Crippen LogP contribution in [0.3, 0.4) is 0 Å². The first-order chi connectivity index (χ1) is 8.58. The molecule has 2 heteroatoms. The summed E-state index contributed by atoms with van der Waals surface area (Å²) >= 11 is 0. The van der Waals surface area contributed by atoms with Gasteiger partial charge < -0.3 is 5.73 Å². The quantitative estimate of drug-likeness (QED) is 0.645. The summed E-state index contributed by atoms with van der Waals surface area (Å²) in [5.74, 6) is 0.894. The number of aryl methyl sites for hydroxylation is 2. The van der Waals surface area contributed by atoms with Crippen LogP contribution in [0.1, 0.15) is 60.0 Å². The third-order valence-corrected chi connectivity index (χ3v) is 4.11. The minimum Gasteiger partial charge on any atom is -0.399 e. The van der Waals surface area contributed by atoms with E-state index in [9.17, 15) is 4.79 Å². The Bertz CT molecular complexity index is 445. The molecule has 2 nitrogen and oxygen atoms in total. The van der Waals surface area contributed by atoms with Crippen molar-refractivity contribution < 1.29 is 4.79 Å². The predicted octanol–water partition coefficient (Wildman–Crippen LogP) is 4.04. The second-order valence-electron chi connectivity index (χ2n) is 5.66. The molecule has 1 aromatic rings. The van der Waals surface area contributed by atoms with Crippen LogP contribution in [-0.2, 0) is 0 Å². The molecule has 2 N–H and O–H groups in total. The summed E-state index contributed by atoms with van der Waals surface area (Å²) in [6, 6.07) is 3.87. The van der Waals surface area contributed by atoms with Gasteiger partial charge in [-0.1, -0.05) is 32.1 Å². The lowest BCUT2D eigenvalue weighted by Crippen LogP contribution is -2.13. The van der Waals surface area contributed by atoms with E-state index in [0.29, 0.717) is 18.1 Å². The second kappa shape index (κ2) is 5.55. The summed E-state index contributed by atoms with van der Waals surface area (Å²) in [6.45, 7) is 3.94. The van der Waals surface area contributed by atoms with Crippen LogP contribution in [0, 0.1) is 19.8 Å². The Morgan fingerprint density at radius 2 is 1.83 bits per heavy atom. The average molecular weight is 245 g/mol. The zero-order chi connectivity index (χ0) is 13.1. The molecule has 0 radical (unpaired) electrons. The maximum atomic E-state index is 12.4. The fraction of sp³-hybridized carbons (Fsp3) is 0.562. The number of ketones is 1. The Balaban J connectivity index is 2.10. The molecule has 18 heavy (non-hydrogen) atoms. The number of carbonyl (C=O) groups is 1. The van der Waals surface area contributed by atoms with Gasteiger partial charge in [0.1, 0.15) is 0 Å². The molecule has 1 fully saturated rings. The minimum atomic E-state index is 0.294. The highest BCUT2D eigenvalue weighted by atomic mass is 16.1. The van der Waals surface area contributed by atoms with E-state index in [1.54, 1.807) is 0 Å². The van der Waals surface area contributed by atoms with Gasteiger partial charge in [-0.3, -0.25) is 4.79 Å². The van der Waals surface area contributed by atoms with Crippen LogP contribution in [0.5, 0.6) is 0 Å². The highest BCUT2D eigenvalue weighted by Crippen LogP contribution is 2.28. The number of nitrogens with two attached hydrogens (primary N) is 1. The van der Waals surface area contributed by atoms with Gasteiger partial charge in [-0.05, 0) is 43.0 Å². The van der Waals surface area contributed by atoms with Gasteiger partial charge in [-0.2, -0.15) is 0 Å². The first-order valence-electron chi connectivity index (χ1n) is 6.98. The molecule has 0 amide bonds.